The van der Waals surface area contributed by atoms with Crippen LogP contribution in [0.2, 0.25) is 4.34 Å². The topological polar surface area (TPSA) is 90.3 Å². The number of halogens is 1. The van der Waals surface area contributed by atoms with Crippen LogP contribution in [0, 0.1) is 5.92 Å². The van der Waals surface area contributed by atoms with E-state index >= 15 is 0 Å². The predicted octanol–water partition coefficient (Wildman–Crippen LogP) is 6.30. The van der Waals surface area contributed by atoms with Gasteiger partial charge in [-0.3, -0.25) is 14.2 Å². The summed E-state index contributed by atoms with van der Waals surface area (Å²) < 4.78 is 36.4. The summed E-state index contributed by atoms with van der Waals surface area (Å²) in [5, 5.41) is 5.21. The molecule has 7 nitrogen and oxygen atoms in total. The monoisotopic (exact) mass is 557 g/mol. The Bertz CT molecular complexity index is 1540. The molecule has 2 heterocycles. The number of thiophene rings is 1. The Morgan fingerprint density at radius 2 is 1.89 bits per heavy atom. The fourth-order valence-electron chi connectivity index (χ4n) is 4.95. The summed E-state index contributed by atoms with van der Waals surface area (Å²) in [5.74, 6) is 1.32. The maximum atomic E-state index is 13.0. The van der Waals surface area contributed by atoms with E-state index in [2.05, 4.69) is 15.9 Å². The van der Waals surface area contributed by atoms with Crippen LogP contribution in [-0.2, 0) is 27.8 Å². The number of rotatable bonds is 10. The molecule has 1 aliphatic rings. The highest BCUT2D eigenvalue weighted by atomic mass is 35.5. The first-order valence-electron chi connectivity index (χ1n) is 12.3. The van der Waals surface area contributed by atoms with Crippen LogP contribution in [0.5, 0.6) is 5.75 Å². The molecule has 0 amide bonds. The number of aromatic nitrogens is 2. The number of fused-ring (bicyclic) bond motifs is 1. The van der Waals surface area contributed by atoms with E-state index < -0.39 is 10.0 Å². The molecule has 10 heteroatoms. The minimum absolute atomic E-state index is 0.106. The first-order valence-corrected chi connectivity index (χ1v) is 14.9. The molecule has 1 fully saturated rings. The molecule has 37 heavy (non-hydrogen) atoms. The number of nitrogens with one attached hydrogen (secondary N) is 1. The van der Waals surface area contributed by atoms with Gasteiger partial charge in [0.15, 0.2) is 5.82 Å². The number of ketones is 1. The molecule has 1 saturated carbocycles. The Balaban J connectivity index is 1.41. The van der Waals surface area contributed by atoms with Gasteiger partial charge in [-0.2, -0.15) is 5.10 Å². The van der Waals surface area contributed by atoms with Crippen LogP contribution in [-0.4, -0.2) is 31.1 Å². The number of carbonyl (C=O) groups excluding carboxylic acids is 1. The van der Waals surface area contributed by atoms with Gasteiger partial charge in [0.05, 0.1) is 28.9 Å². The number of hydrogen-bond donors (Lipinski definition) is 1. The number of sulfonamides is 1. The van der Waals surface area contributed by atoms with E-state index in [0.717, 1.165) is 53.7 Å². The molecular formula is C27H28ClN3O4S2. The van der Waals surface area contributed by atoms with Crippen LogP contribution in [0.25, 0.3) is 10.9 Å². The molecule has 0 atom stereocenters. The van der Waals surface area contributed by atoms with Crippen LogP contribution in [0.4, 0.5) is 5.82 Å². The van der Waals surface area contributed by atoms with E-state index in [1.54, 1.807) is 23.9 Å². The minimum atomic E-state index is -3.88. The summed E-state index contributed by atoms with van der Waals surface area (Å²) >= 11 is 6.94. The lowest BCUT2D eigenvalue weighted by Crippen LogP contribution is -2.13. The number of Topliss-reactive ketones (excluding diaryl/α,β-unsaturated/α-hetero) is 1. The molecule has 0 radical (unpaired) electrons. The number of anilines is 1. The quantitative estimate of drug-likeness (QED) is 0.247. The summed E-state index contributed by atoms with van der Waals surface area (Å²) in [6, 6.07) is 16.6. The molecule has 4 aromatic rings. The second-order valence-electron chi connectivity index (χ2n) is 9.29. The third-order valence-corrected chi connectivity index (χ3v) is 9.86. The van der Waals surface area contributed by atoms with E-state index in [4.69, 9.17) is 16.3 Å². The summed E-state index contributed by atoms with van der Waals surface area (Å²) in [7, 11) is -2.34. The second-order valence-corrected chi connectivity index (χ2v) is 12.9. The van der Waals surface area contributed by atoms with Crippen LogP contribution in [0.15, 0.2) is 58.8 Å². The predicted molar refractivity (Wildman–Crippen MR) is 147 cm³/mol. The maximum Gasteiger partial charge on any atom is 0.272 e. The van der Waals surface area contributed by atoms with Crippen molar-refractivity contribution in [3.8, 4) is 5.75 Å². The fourth-order valence-corrected chi connectivity index (χ4v) is 7.45. The van der Waals surface area contributed by atoms with Crippen molar-refractivity contribution < 1.29 is 17.9 Å². The molecular weight excluding hydrogens is 530 g/mol. The molecule has 194 valence electrons. The van der Waals surface area contributed by atoms with Gasteiger partial charge in [0.1, 0.15) is 15.7 Å². The second kappa shape index (κ2) is 10.8. The Morgan fingerprint density at radius 3 is 2.62 bits per heavy atom. The Hall–Kier alpha value is -2.88. The smallest absolute Gasteiger partial charge is 0.272 e. The van der Waals surface area contributed by atoms with E-state index in [1.165, 1.54) is 6.07 Å². The van der Waals surface area contributed by atoms with Crippen molar-refractivity contribution in [2.45, 2.75) is 49.3 Å². The molecule has 1 aliphatic carbocycles. The Morgan fingerprint density at radius 1 is 1.14 bits per heavy atom. The van der Waals surface area contributed by atoms with E-state index in [0.29, 0.717) is 40.6 Å². The van der Waals surface area contributed by atoms with Crippen molar-refractivity contribution in [2.24, 2.45) is 5.92 Å². The molecule has 5 rings (SSSR count). The highest BCUT2D eigenvalue weighted by molar-refractivity contribution is 7.94. The van der Waals surface area contributed by atoms with Crippen molar-refractivity contribution in [3.63, 3.8) is 0 Å². The zero-order chi connectivity index (χ0) is 26.0. The summed E-state index contributed by atoms with van der Waals surface area (Å²) in [6.07, 6.45) is 5.65. The number of benzene rings is 2. The van der Waals surface area contributed by atoms with Crippen molar-refractivity contribution in [3.05, 3.63) is 70.1 Å². The first-order chi connectivity index (χ1) is 17.8. The van der Waals surface area contributed by atoms with Crippen molar-refractivity contribution >= 4 is 55.5 Å². The van der Waals surface area contributed by atoms with Crippen LogP contribution >= 0.6 is 22.9 Å². The van der Waals surface area contributed by atoms with Crippen LogP contribution in [0.1, 0.15) is 43.2 Å². The molecule has 0 unspecified atom stereocenters. The zero-order valence-corrected chi connectivity index (χ0v) is 22.8. The highest BCUT2D eigenvalue weighted by Crippen LogP contribution is 2.35. The molecule has 2 aromatic heterocycles. The fraction of sp³-hybridized carbons (Fsp3) is 0.333. The third kappa shape index (κ3) is 5.68. The number of carbonyl (C=O) groups is 1. The standard InChI is InChI=1S/C27H28ClN3O4S2/c1-35-23-11-5-10-21-26(23)27(30-37(33,34)25-15-14-24(28)36-25)29-31(21)17-19-7-4-6-18(16-19)12-13-22(32)20-8-2-3-9-20/h4-7,10-11,14-16,20H,2-3,8-9,12-13,17H2,1H3,(H,29,30). The molecule has 0 spiro atoms. The van der Waals surface area contributed by atoms with Gasteiger partial charge in [-0.05, 0) is 54.7 Å². The van der Waals surface area contributed by atoms with Gasteiger partial charge in [-0.15, -0.1) is 11.3 Å². The van der Waals surface area contributed by atoms with Gasteiger partial charge in [0, 0.05) is 12.3 Å². The van der Waals surface area contributed by atoms with Crippen LogP contribution < -0.4 is 9.46 Å². The number of ether oxygens (including phenoxy) is 1. The first kappa shape index (κ1) is 25.8. The highest BCUT2D eigenvalue weighted by Gasteiger charge is 2.24. The molecule has 2 aromatic carbocycles. The van der Waals surface area contributed by atoms with Gasteiger partial charge in [-0.25, -0.2) is 8.42 Å². The lowest BCUT2D eigenvalue weighted by molar-refractivity contribution is -0.122. The van der Waals surface area contributed by atoms with Gasteiger partial charge in [-0.1, -0.05) is 54.8 Å². The minimum Gasteiger partial charge on any atom is -0.496 e. The van der Waals surface area contributed by atoms with Gasteiger partial charge >= 0.3 is 0 Å². The summed E-state index contributed by atoms with van der Waals surface area (Å²) in [6.45, 7) is 0.431. The third-order valence-electron chi connectivity index (χ3n) is 6.80. The van der Waals surface area contributed by atoms with Crippen molar-refractivity contribution in [1.82, 2.24) is 9.78 Å². The maximum absolute atomic E-state index is 13.0. The summed E-state index contributed by atoms with van der Waals surface area (Å²) in [5.41, 5.74) is 2.86. The van der Waals surface area contributed by atoms with E-state index in [-0.39, 0.29) is 15.9 Å². The van der Waals surface area contributed by atoms with Gasteiger partial charge in [0.25, 0.3) is 10.0 Å². The zero-order valence-electron chi connectivity index (χ0n) is 20.4. The van der Waals surface area contributed by atoms with Crippen molar-refractivity contribution in [2.75, 3.05) is 11.8 Å². The Labute approximate surface area is 225 Å². The molecule has 0 aliphatic heterocycles. The average Bonchev–Trinajstić information content (AvgIpc) is 3.64. The largest absolute Gasteiger partial charge is 0.496 e. The lowest BCUT2D eigenvalue weighted by atomic mass is 9.96. The van der Waals surface area contributed by atoms with Crippen molar-refractivity contribution in [1.29, 1.82) is 0 Å². The molecule has 0 saturated heterocycles. The van der Waals surface area contributed by atoms with E-state index in [1.807, 2.05) is 30.3 Å². The number of methoxy groups -OCH3 is 1. The molecule has 0 bridgehead atoms. The summed E-state index contributed by atoms with van der Waals surface area (Å²) in [4.78, 5) is 12.5. The van der Waals surface area contributed by atoms with Crippen LogP contribution in [0.3, 0.4) is 0 Å². The number of nitrogens with zero attached hydrogens (tertiary/aromatic N) is 2. The SMILES string of the molecule is COc1cccc2c1c(NS(=O)(=O)c1ccc(Cl)s1)nn2Cc1cccc(CCC(=O)C2CCCC2)c1. The normalized spacial score (nSPS) is 14.3. The average molecular weight is 558 g/mol. The number of hydrogen-bond acceptors (Lipinski definition) is 6. The lowest BCUT2D eigenvalue weighted by Gasteiger charge is -2.09. The molecule has 1 N–H and O–H groups in total. The number of aryl methyl sites for hydroxylation is 1. The Kier molecular flexibility index (Phi) is 7.55. The van der Waals surface area contributed by atoms with E-state index in [9.17, 15) is 13.2 Å². The van der Waals surface area contributed by atoms with Gasteiger partial charge in [0.2, 0.25) is 0 Å². The van der Waals surface area contributed by atoms with Gasteiger partial charge < -0.3 is 4.74 Å².